The van der Waals surface area contributed by atoms with Crippen LogP contribution in [-0.2, 0) is 0 Å². The maximum absolute atomic E-state index is 14.2. The van der Waals surface area contributed by atoms with E-state index in [4.69, 9.17) is 4.74 Å². The van der Waals surface area contributed by atoms with Gasteiger partial charge in [-0.3, -0.25) is 4.79 Å². The zero-order valence-electron chi connectivity index (χ0n) is 13.3. The van der Waals surface area contributed by atoms with Crippen molar-refractivity contribution >= 4 is 5.78 Å². The van der Waals surface area contributed by atoms with Crippen LogP contribution in [0.4, 0.5) is 8.78 Å². The van der Waals surface area contributed by atoms with Gasteiger partial charge in [-0.15, -0.1) is 0 Å². The number of halogens is 2. The van der Waals surface area contributed by atoms with Gasteiger partial charge < -0.3 is 4.74 Å². The van der Waals surface area contributed by atoms with Crippen molar-refractivity contribution in [1.82, 2.24) is 0 Å². The predicted molar refractivity (Wildman–Crippen MR) is 82.2 cm³/mol. The summed E-state index contributed by atoms with van der Waals surface area (Å²) in [7, 11) is 0. The molecule has 4 heteroatoms. The highest BCUT2D eigenvalue weighted by Crippen LogP contribution is 2.32. The third-order valence-electron chi connectivity index (χ3n) is 4.45. The summed E-state index contributed by atoms with van der Waals surface area (Å²) >= 11 is 0. The van der Waals surface area contributed by atoms with E-state index in [0.717, 1.165) is 38.5 Å². The van der Waals surface area contributed by atoms with Crippen LogP contribution in [-0.4, -0.2) is 12.4 Å². The Morgan fingerprint density at radius 3 is 2.50 bits per heavy atom. The van der Waals surface area contributed by atoms with Gasteiger partial charge in [0.2, 0.25) is 5.82 Å². The fraction of sp³-hybridized carbons (Fsp3) is 0.611. The van der Waals surface area contributed by atoms with E-state index in [-0.39, 0.29) is 23.0 Å². The molecule has 122 valence electrons. The van der Waals surface area contributed by atoms with Crippen LogP contribution < -0.4 is 4.74 Å². The first-order chi connectivity index (χ1) is 10.5. The van der Waals surface area contributed by atoms with Crippen LogP contribution in [0.1, 0.15) is 62.7 Å². The molecule has 0 amide bonds. The second-order valence-corrected chi connectivity index (χ2v) is 6.26. The number of unbranched alkanes of at least 4 members (excludes halogenated alkanes) is 1. The Kier molecular flexibility index (Phi) is 5.92. The molecule has 2 nitrogen and oxygen atoms in total. The van der Waals surface area contributed by atoms with Crippen molar-refractivity contribution in [2.24, 2.45) is 11.8 Å². The second kappa shape index (κ2) is 7.70. The van der Waals surface area contributed by atoms with Crippen molar-refractivity contribution in [2.75, 3.05) is 6.61 Å². The van der Waals surface area contributed by atoms with Gasteiger partial charge in [0.25, 0.3) is 0 Å². The zero-order valence-corrected chi connectivity index (χ0v) is 13.3. The third-order valence-corrected chi connectivity index (χ3v) is 4.45. The Morgan fingerprint density at radius 2 is 1.86 bits per heavy atom. The van der Waals surface area contributed by atoms with E-state index >= 15 is 0 Å². The molecule has 0 unspecified atom stereocenters. The van der Waals surface area contributed by atoms with Crippen LogP contribution in [0.25, 0.3) is 0 Å². The molecule has 1 fully saturated rings. The summed E-state index contributed by atoms with van der Waals surface area (Å²) in [6.07, 6.45) is 5.16. The summed E-state index contributed by atoms with van der Waals surface area (Å²) < 4.78 is 33.4. The summed E-state index contributed by atoms with van der Waals surface area (Å²) in [4.78, 5) is 12.4. The summed E-state index contributed by atoms with van der Waals surface area (Å²) in [5.41, 5.74) is -0.139. The number of hydrogen-bond donors (Lipinski definition) is 0. The van der Waals surface area contributed by atoms with Crippen LogP contribution in [0.5, 0.6) is 5.75 Å². The second-order valence-electron chi connectivity index (χ2n) is 6.26. The summed E-state index contributed by atoms with van der Waals surface area (Å²) in [5, 5.41) is 0. The molecule has 22 heavy (non-hydrogen) atoms. The number of carbonyl (C=O) groups is 1. The molecule has 0 radical (unpaired) electrons. The lowest BCUT2D eigenvalue weighted by Crippen LogP contribution is -2.22. The average Bonchev–Trinajstić information content (AvgIpc) is 2.52. The molecule has 0 heterocycles. The van der Waals surface area contributed by atoms with E-state index in [1.165, 1.54) is 12.1 Å². The highest BCUT2D eigenvalue weighted by molar-refractivity contribution is 5.98. The molecule has 0 spiro atoms. The lowest BCUT2D eigenvalue weighted by molar-refractivity contribution is 0.0870. The van der Waals surface area contributed by atoms with E-state index in [1.807, 2.05) is 6.92 Å². The summed E-state index contributed by atoms with van der Waals surface area (Å²) in [5.74, 6) is -2.08. The van der Waals surface area contributed by atoms with Gasteiger partial charge in [-0.25, -0.2) is 4.39 Å². The summed E-state index contributed by atoms with van der Waals surface area (Å²) in [6, 6.07) is 2.73. The van der Waals surface area contributed by atoms with Crippen LogP contribution >= 0.6 is 0 Å². The highest BCUT2D eigenvalue weighted by Gasteiger charge is 2.28. The minimum atomic E-state index is -1.07. The normalized spacial score (nSPS) is 21.6. The minimum Gasteiger partial charge on any atom is -0.490 e. The fourth-order valence-electron chi connectivity index (χ4n) is 2.90. The molecule has 0 saturated heterocycles. The fourth-order valence-corrected chi connectivity index (χ4v) is 2.90. The molecule has 0 N–H and O–H groups in total. The smallest absolute Gasteiger partial charge is 0.201 e. The lowest BCUT2D eigenvalue weighted by atomic mass is 9.79. The van der Waals surface area contributed by atoms with E-state index in [1.54, 1.807) is 0 Å². The van der Waals surface area contributed by atoms with Gasteiger partial charge in [0.05, 0.1) is 12.2 Å². The largest absolute Gasteiger partial charge is 0.490 e. The Bertz CT molecular complexity index is 520. The molecule has 0 atom stereocenters. The SMILES string of the molecule is CCCCOc1ccc(C(=O)C2CCC(C)CC2)c(F)c1F. The molecule has 1 saturated carbocycles. The lowest BCUT2D eigenvalue weighted by Gasteiger charge is -2.25. The quantitative estimate of drug-likeness (QED) is 0.536. The minimum absolute atomic E-state index is 0.111. The zero-order chi connectivity index (χ0) is 16.1. The molecular formula is C18H24F2O2. The number of Topliss-reactive ketones (excluding diaryl/α,β-unsaturated/α-hetero) is 1. The monoisotopic (exact) mass is 310 g/mol. The highest BCUT2D eigenvalue weighted by atomic mass is 19.2. The number of carbonyl (C=O) groups excluding carboxylic acids is 1. The Hall–Kier alpha value is -1.45. The molecule has 1 aliphatic carbocycles. The first-order valence-corrected chi connectivity index (χ1v) is 8.19. The first-order valence-electron chi connectivity index (χ1n) is 8.19. The van der Waals surface area contributed by atoms with Crippen LogP contribution in [0, 0.1) is 23.5 Å². The Balaban J connectivity index is 2.11. The molecule has 0 aliphatic heterocycles. The van der Waals surface area contributed by atoms with Gasteiger partial charge in [-0.2, -0.15) is 4.39 Å². The van der Waals surface area contributed by atoms with Crippen molar-refractivity contribution in [2.45, 2.75) is 52.4 Å². The maximum Gasteiger partial charge on any atom is 0.201 e. The number of ketones is 1. The molecule has 1 aliphatic rings. The predicted octanol–water partition coefficient (Wildman–Crippen LogP) is 5.15. The maximum atomic E-state index is 14.2. The summed E-state index contributed by atoms with van der Waals surface area (Å²) in [6.45, 7) is 4.50. The van der Waals surface area contributed by atoms with E-state index in [2.05, 4.69) is 6.92 Å². The van der Waals surface area contributed by atoms with Gasteiger partial charge in [0, 0.05) is 5.92 Å². The number of rotatable bonds is 6. The van der Waals surface area contributed by atoms with Crippen LogP contribution in [0.3, 0.4) is 0 Å². The first kappa shape index (κ1) is 16.9. The number of hydrogen-bond acceptors (Lipinski definition) is 2. The van der Waals surface area contributed by atoms with Crippen LogP contribution in [0.15, 0.2) is 12.1 Å². The standard InChI is InChI=1S/C18H24F2O2/c1-3-4-11-22-15-10-9-14(16(19)17(15)20)18(21)13-7-5-12(2)6-8-13/h9-10,12-13H,3-8,11H2,1-2H3. The Morgan fingerprint density at radius 1 is 1.18 bits per heavy atom. The van der Waals surface area contributed by atoms with Crippen LogP contribution in [0.2, 0.25) is 0 Å². The van der Waals surface area contributed by atoms with Crippen molar-refractivity contribution in [3.63, 3.8) is 0 Å². The topological polar surface area (TPSA) is 26.3 Å². The van der Waals surface area contributed by atoms with Crippen molar-refractivity contribution in [1.29, 1.82) is 0 Å². The number of benzene rings is 1. The average molecular weight is 310 g/mol. The van der Waals surface area contributed by atoms with Crippen molar-refractivity contribution in [3.05, 3.63) is 29.3 Å². The van der Waals surface area contributed by atoms with Gasteiger partial charge >= 0.3 is 0 Å². The molecule has 0 bridgehead atoms. The molecule has 2 rings (SSSR count). The number of ether oxygens (including phenoxy) is 1. The van der Waals surface area contributed by atoms with Gasteiger partial charge in [0.15, 0.2) is 17.3 Å². The molecule has 1 aromatic carbocycles. The molecular weight excluding hydrogens is 286 g/mol. The van der Waals surface area contributed by atoms with Gasteiger partial charge in [-0.05, 0) is 37.3 Å². The third kappa shape index (κ3) is 3.84. The van der Waals surface area contributed by atoms with E-state index in [9.17, 15) is 13.6 Å². The van der Waals surface area contributed by atoms with E-state index < -0.39 is 11.6 Å². The van der Waals surface area contributed by atoms with Crippen molar-refractivity contribution in [3.8, 4) is 5.75 Å². The van der Waals surface area contributed by atoms with E-state index in [0.29, 0.717) is 12.5 Å². The Labute approximate surface area is 130 Å². The van der Waals surface area contributed by atoms with Crippen molar-refractivity contribution < 1.29 is 18.3 Å². The van der Waals surface area contributed by atoms with Gasteiger partial charge in [0.1, 0.15) is 0 Å². The molecule has 1 aromatic rings. The molecule has 0 aromatic heterocycles. The van der Waals surface area contributed by atoms with Gasteiger partial charge in [-0.1, -0.05) is 33.1 Å².